The molecule has 0 rings (SSSR count). The molecule has 0 aromatic rings. The summed E-state index contributed by atoms with van der Waals surface area (Å²) in [4.78, 5) is 24.7. The average molecular weight is 1190 g/mol. The first-order chi connectivity index (χ1) is 41.5. The molecule has 0 aromatic heterocycles. The van der Waals surface area contributed by atoms with E-state index in [4.69, 9.17) is 4.74 Å². The van der Waals surface area contributed by atoms with Crippen molar-refractivity contribution < 1.29 is 24.5 Å². The van der Waals surface area contributed by atoms with Crippen molar-refractivity contribution in [1.29, 1.82) is 0 Å². The molecule has 0 aliphatic heterocycles. The highest BCUT2D eigenvalue weighted by Crippen LogP contribution is 2.20. The Bertz CT molecular complexity index is 1270. The molecule has 6 nitrogen and oxygen atoms in total. The summed E-state index contributed by atoms with van der Waals surface area (Å²) in [5.41, 5.74) is 0. The second-order valence-corrected chi connectivity index (χ2v) is 27.0. The number of ether oxygens (including phenoxy) is 1. The van der Waals surface area contributed by atoms with Crippen LogP contribution < -0.4 is 5.32 Å². The fourth-order valence-corrected chi connectivity index (χ4v) is 12.6. The van der Waals surface area contributed by atoms with Crippen molar-refractivity contribution in [2.45, 2.75) is 463 Å². The minimum Gasteiger partial charge on any atom is -0.466 e. The van der Waals surface area contributed by atoms with E-state index in [-0.39, 0.29) is 18.5 Å². The summed E-state index contributed by atoms with van der Waals surface area (Å²) in [5, 5.41) is 23.4. The largest absolute Gasteiger partial charge is 0.466 e. The maximum atomic E-state index is 12.6. The standard InChI is InChI=1S/C78H153NO5/c1-3-5-7-9-11-13-15-17-19-21-23-32-35-38-42-46-50-54-58-62-66-70-76(81)75(74-80)79-77(82)71-67-63-59-55-51-47-43-39-36-33-30-28-26-24-25-27-29-31-34-37-41-45-49-53-57-61-65-69-73-84-78(83)72-68-64-60-56-52-48-44-40-22-20-18-16-14-12-10-8-6-4-2/h24-25,75-76,80-81H,3-23,26-74H2,1-2H3,(H,79,82)/b25-24-. The molecular formula is C78H153NO5. The lowest BCUT2D eigenvalue weighted by Crippen LogP contribution is -2.45. The van der Waals surface area contributed by atoms with Crippen molar-refractivity contribution in [3.05, 3.63) is 12.2 Å². The first kappa shape index (κ1) is 82.6. The lowest BCUT2D eigenvalue weighted by molar-refractivity contribution is -0.143. The Kier molecular flexibility index (Phi) is 72.8. The lowest BCUT2D eigenvalue weighted by atomic mass is 10.0. The van der Waals surface area contributed by atoms with E-state index in [9.17, 15) is 19.8 Å². The zero-order valence-corrected chi connectivity index (χ0v) is 57.4. The number of carbonyl (C=O) groups excluding carboxylic acids is 2. The first-order valence-electron chi connectivity index (χ1n) is 38.9. The van der Waals surface area contributed by atoms with E-state index in [1.807, 2.05) is 0 Å². The summed E-state index contributed by atoms with van der Waals surface area (Å²) in [5.74, 6) is -0.00781. The highest BCUT2D eigenvalue weighted by Gasteiger charge is 2.20. The molecule has 0 radical (unpaired) electrons. The van der Waals surface area contributed by atoms with Crippen LogP contribution >= 0.6 is 0 Å². The number of carbonyl (C=O) groups is 2. The molecule has 2 unspecified atom stereocenters. The number of hydrogen-bond acceptors (Lipinski definition) is 5. The molecule has 0 aromatic carbocycles. The van der Waals surface area contributed by atoms with Crippen LogP contribution in [0.2, 0.25) is 0 Å². The fourth-order valence-electron chi connectivity index (χ4n) is 12.6. The first-order valence-corrected chi connectivity index (χ1v) is 38.9. The number of allylic oxidation sites excluding steroid dienone is 2. The van der Waals surface area contributed by atoms with Gasteiger partial charge in [0.05, 0.1) is 25.4 Å². The summed E-state index contributed by atoms with van der Waals surface area (Å²) in [6, 6.07) is -0.542. The maximum Gasteiger partial charge on any atom is 0.305 e. The van der Waals surface area contributed by atoms with Gasteiger partial charge in [-0.3, -0.25) is 9.59 Å². The van der Waals surface area contributed by atoms with Gasteiger partial charge >= 0.3 is 5.97 Å². The molecule has 0 saturated carbocycles. The molecular weight excluding hydrogens is 1030 g/mol. The number of aliphatic hydroxyl groups excluding tert-OH is 2. The number of esters is 1. The van der Waals surface area contributed by atoms with Crippen LogP contribution in [0.25, 0.3) is 0 Å². The summed E-state index contributed by atoms with van der Waals surface area (Å²) >= 11 is 0. The SMILES string of the molecule is CCCCCCCCCCCCCCCCCCCCCCCC(O)C(CO)NC(=O)CCCCCCCCCCCCCC/C=C\CCCCCCCCCCCCCCOC(=O)CCCCCCCCCCCCCCCCCCCC. The van der Waals surface area contributed by atoms with Crippen molar-refractivity contribution >= 4 is 11.9 Å². The van der Waals surface area contributed by atoms with E-state index in [0.717, 1.165) is 38.5 Å². The third-order valence-corrected chi connectivity index (χ3v) is 18.6. The zero-order valence-electron chi connectivity index (χ0n) is 57.4. The highest BCUT2D eigenvalue weighted by atomic mass is 16.5. The molecule has 3 N–H and O–H groups in total. The van der Waals surface area contributed by atoms with Crippen LogP contribution in [0.3, 0.4) is 0 Å². The van der Waals surface area contributed by atoms with Gasteiger partial charge < -0.3 is 20.3 Å². The normalized spacial score (nSPS) is 12.5. The van der Waals surface area contributed by atoms with Gasteiger partial charge in [0.1, 0.15) is 0 Å². The predicted molar refractivity (Wildman–Crippen MR) is 370 cm³/mol. The Hall–Kier alpha value is -1.40. The van der Waals surface area contributed by atoms with E-state index in [0.29, 0.717) is 25.9 Å². The topological polar surface area (TPSA) is 95.9 Å². The fraction of sp³-hybridized carbons (Fsp3) is 0.949. The Morgan fingerprint density at radius 3 is 0.845 bits per heavy atom. The minimum absolute atomic E-state index is 0.0216. The van der Waals surface area contributed by atoms with E-state index in [2.05, 4.69) is 31.3 Å². The van der Waals surface area contributed by atoms with Crippen LogP contribution in [0.4, 0.5) is 0 Å². The third kappa shape index (κ3) is 69.7. The monoisotopic (exact) mass is 1180 g/mol. The summed E-state index contributed by atoms with van der Waals surface area (Å²) in [7, 11) is 0. The van der Waals surface area contributed by atoms with E-state index < -0.39 is 12.1 Å². The number of hydrogen-bond donors (Lipinski definition) is 3. The number of aliphatic hydroxyl groups is 2. The van der Waals surface area contributed by atoms with Gasteiger partial charge in [0, 0.05) is 12.8 Å². The third-order valence-electron chi connectivity index (χ3n) is 18.6. The van der Waals surface area contributed by atoms with Crippen molar-refractivity contribution in [2.24, 2.45) is 0 Å². The van der Waals surface area contributed by atoms with Crippen LogP contribution in [0.5, 0.6) is 0 Å². The van der Waals surface area contributed by atoms with Crippen LogP contribution in [0.15, 0.2) is 12.2 Å². The van der Waals surface area contributed by atoms with Crippen LogP contribution in [-0.4, -0.2) is 47.4 Å². The quantitative estimate of drug-likeness (QED) is 0.0320. The molecule has 0 fully saturated rings. The Morgan fingerprint density at radius 1 is 0.321 bits per heavy atom. The van der Waals surface area contributed by atoms with Gasteiger partial charge in [0.2, 0.25) is 5.91 Å². The molecule has 2 atom stereocenters. The molecule has 84 heavy (non-hydrogen) atoms. The number of rotatable bonds is 74. The van der Waals surface area contributed by atoms with Gasteiger partial charge in [0.25, 0.3) is 0 Å². The van der Waals surface area contributed by atoms with E-state index in [1.54, 1.807) is 0 Å². The van der Waals surface area contributed by atoms with Gasteiger partial charge in [-0.15, -0.1) is 0 Å². The van der Waals surface area contributed by atoms with Crippen molar-refractivity contribution in [2.75, 3.05) is 13.2 Å². The average Bonchev–Trinajstić information content (AvgIpc) is 3.51. The van der Waals surface area contributed by atoms with Crippen molar-refractivity contribution in [3.63, 3.8) is 0 Å². The van der Waals surface area contributed by atoms with Crippen molar-refractivity contribution in [1.82, 2.24) is 5.32 Å². The van der Waals surface area contributed by atoms with Crippen molar-refractivity contribution in [3.8, 4) is 0 Å². The summed E-state index contributed by atoms with van der Waals surface area (Å²) in [6.45, 7) is 5.01. The predicted octanol–water partition coefficient (Wildman–Crippen LogP) is 25.5. The lowest BCUT2D eigenvalue weighted by Gasteiger charge is -2.22. The molecule has 0 aliphatic carbocycles. The molecule has 0 saturated heterocycles. The highest BCUT2D eigenvalue weighted by molar-refractivity contribution is 5.76. The number of unbranched alkanes of at least 4 members (excludes halogenated alkanes) is 61. The van der Waals surface area contributed by atoms with Gasteiger partial charge in [-0.2, -0.15) is 0 Å². The molecule has 0 spiro atoms. The zero-order chi connectivity index (χ0) is 60.6. The smallest absolute Gasteiger partial charge is 0.305 e. The van der Waals surface area contributed by atoms with Gasteiger partial charge in [-0.25, -0.2) is 0 Å². The molecule has 0 aliphatic rings. The minimum atomic E-state index is -0.665. The Balaban J connectivity index is 3.36. The van der Waals surface area contributed by atoms with Gasteiger partial charge in [-0.1, -0.05) is 398 Å². The molecule has 0 heterocycles. The Labute approximate surface area is 527 Å². The van der Waals surface area contributed by atoms with Crippen LogP contribution in [0, 0.1) is 0 Å². The summed E-state index contributed by atoms with van der Waals surface area (Å²) < 4.78 is 5.52. The second-order valence-electron chi connectivity index (χ2n) is 27.0. The molecule has 6 heteroatoms. The van der Waals surface area contributed by atoms with Crippen LogP contribution in [-0.2, 0) is 14.3 Å². The number of amides is 1. The van der Waals surface area contributed by atoms with E-state index in [1.165, 1.54) is 379 Å². The molecule has 500 valence electrons. The Morgan fingerprint density at radius 2 is 0.560 bits per heavy atom. The van der Waals surface area contributed by atoms with E-state index >= 15 is 0 Å². The molecule has 0 bridgehead atoms. The van der Waals surface area contributed by atoms with Gasteiger partial charge in [0.15, 0.2) is 0 Å². The molecule has 1 amide bonds. The summed E-state index contributed by atoms with van der Waals surface area (Å²) in [6.07, 6.45) is 92.9. The number of nitrogens with one attached hydrogen (secondary N) is 1. The second kappa shape index (κ2) is 74.1. The van der Waals surface area contributed by atoms with Gasteiger partial charge in [-0.05, 0) is 51.4 Å². The maximum absolute atomic E-state index is 12.6. The van der Waals surface area contributed by atoms with Crippen LogP contribution in [0.1, 0.15) is 450 Å².